The zero-order chi connectivity index (χ0) is 24.7. The van der Waals surface area contributed by atoms with E-state index in [0.29, 0.717) is 22.6 Å². The van der Waals surface area contributed by atoms with E-state index in [-0.39, 0.29) is 28.7 Å². The molecule has 9 nitrogen and oxygen atoms in total. The topological polar surface area (TPSA) is 130 Å². The number of hydrogen-bond acceptors (Lipinski definition) is 6. The van der Waals surface area contributed by atoms with E-state index < -0.39 is 4.92 Å². The average molecular weight is 479 g/mol. The number of benzene rings is 3. The van der Waals surface area contributed by atoms with Crippen LogP contribution in [0, 0.1) is 10.1 Å². The lowest BCUT2D eigenvalue weighted by Crippen LogP contribution is -2.22. The Morgan fingerprint density at radius 2 is 1.29 bits per heavy atom. The van der Waals surface area contributed by atoms with Gasteiger partial charge in [0, 0.05) is 46.6 Å². The molecule has 174 valence electrons. The van der Waals surface area contributed by atoms with Crippen LogP contribution in [0.3, 0.4) is 0 Å². The Hall–Kier alpha value is -4.18. The molecule has 1 atom stereocenters. The van der Waals surface area contributed by atoms with Gasteiger partial charge in [0.1, 0.15) is 0 Å². The van der Waals surface area contributed by atoms with Gasteiger partial charge in [0.2, 0.25) is 11.8 Å². The third-order valence-corrected chi connectivity index (χ3v) is 5.72. The second kappa shape index (κ2) is 11.1. The second-order valence-corrected chi connectivity index (χ2v) is 8.70. The lowest BCUT2D eigenvalue weighted by atomic mass is 10.2. The molecule has 0 saturated carbocycles. The minimum atomic E-state index is -0.525. The molecule has 0 spiro atoms. The van der Waals surface area contributed by atoms with Crippen molar-refractivity contribution in [2.45, 2.75) is 24.0 Å². The molecule has 0 saturated heterocycles. The number of non-ortho nitro benzene ring substituents is 1. The molecule has 0 aliphatic carbocycles. The van der Waals surface area contributed by atoms with E-state index in [1.807, 2.05) is 0 Å². The lowest BCUT2D eigenvalue weighted by molar-refractivity contribution is -0.384. The first-order valence-corrected chi connectivity index (χ1v) is 11.1. The number of thioether (sulfide) groups is 1. The normalized spacial score (nSPS) is 11.2. The summed E-state index contributed by atoms with van der Waals surface area (Å²) in [6, 6.07) is 19.2. The Labute approximate surface area is 200 Å². The molecule has 10 heteroatoms. The van der Waals surface area contributed by atoms with Gasteiger partial charge in [-0.1, -0.05) is 0 Å². The molecule has 3 aromatic rings. The highest BCUT2D eigenvalue weighted by Gasteiger charge is 2.15. The summed E-state index contributed by atoms with van der Waals surface area (Å²) in [5.41, 5.74) is 2.05. The molecular weight excluding hydrogens is 456 g/mol. The van der Waals surface area contributed by atoms with Crippen LogP contribution in [0.4, 0.5) is 22.7 Å². The van der Waals surface area contributed by atoms with Crippen LogP contribution in [0.15, 0.2) is 77.7 Å². The molecule has 0 radical (unpaired) electrons. The fraction of sp³-hybridized carbons (Fsp3) is 0.125. The van der Waals surface area contributed by atoms with Crippen molar-refractivity contribution in [1.29, 1.82) is 0 Å². The van der Waals surface area contributed by atoms with Crippen molar-refractivity contribution in [3.8, 4) is 0 Å². The van der Waals surface area contributed by atoms with Gasteiger partial charge in [0.05, 0.1) is 10.2 Å². The van der Waals surface area contributed by atoms with Crippen molar-refractivity contribution < 1.29 is 19.3 Å². The third-order valence-electron chi connectivity index (χ3n) is 4.61. The van der Waals surface area contributed by atoms with E-state index in [9.17, 15) is 24.5 Å². The first-order valence-electron chi connectivity index (χ1n) is 10.2. The molecule has 0 bridgehead atoms. The fourth-order valence-corrected chi connectivity index (χ4v) is 3.76. The van der Waals surface area contributed by atoms with Crippen LogP contribution in [-0.2, 0) is 9.59 Å². The number of carbonyl (C=O) groups excluding carboxylic acids is 3. The maximum Gasteiger partial charge on any atom is 0.269 e. The summed E-state index contributed by atoms with van der Waals surface area (Å²) >= 11 is 1.37. The van der Waals surface area contributed by atoms with Crippen molar-refractivity contribution >= 4 is 52.2 Å². The van der Waals surface area contributed by atoms with E-state index in [0.717, 1.165) is 4.90 Å². The molecule has 3 rings (SSSR count). The molecule has 0 aliphatic heterocycles. The van der Waals surface area contributed by atoms with Gasteiger partial charge in [-0.3, -0.25) is 24.5 Å². The lowest BCUT2D eigenvalue weighted by Gasteiger charge is -2.13. The number of nitro groups is 1. The number of nitrogens with one attached hydrogen (secondary N) is 3. The molecule has 34 heavy (non-hydrogen) atoms. The molecular formula is C24H22N4O5S. The molecule has 0 fully saturated rings. The van der Waals surface area contributed by atoms with E-state index in [1.54, 1.807) is 55.5 Å². The Balaban J connectivity index is 1.53. The summed E-state index contributed by atoms with van der Waals surface area (Å²) < 4.78 is 0. The summed E-state index contributed by atoms with van der Waals surface area (Å²) in [6.45, 7) is 3.21. The number of nitrogens with zero attached hydrogens (tertiary/aromatic N) is 1. The summed E-state index contributed by atoms with van der Waals surface area (Å²) in [4.78, 5) is 47.0. The molecule has 0 aliphatic rings. The predicted molar refractivity (Wildman–Crippen MR) is 132 cm³/mol. The minimum Gasteiger partial charge on any atom is -0.326 e. The highest BCUT2D eigenvalue weighted by molar-refractivity contribution is 8.00. The highest BCUT2D eigenvalue weighted by Crippen LogP contribution is 2.26. The Morgan fingerprint density at radius 1 is 0.794 bits per heavy atom. The Bertz CT molecular complexity index is 1200. The van der Waals surface area contributed by atoms with Crippen molar-refractivity contribution in [1.82, 2.24) is 0 Å². The van der Waals surface area contributed by atoms with Crippen LogP contribution in [0.2, 0.25) is 0 Å². The quantitative estimate of drug-likeness (QED) is 0.239. The Kier molecular flexibility index (Phi) is 7.99. The monoisotopic (exact) mass is 478 g/mol. The molecule has 3 aromatic carbocycles. The smallest absolute Gasteiger partial charge is 0.269 e. The minimum absolute atomic E-state index is 0.0851. The van der Waals surface area contributed by atoms with Gasteiger partial charge in [-0.05, 0) is 67.6 Å². The van der Waals surface area contributed by atoms with Gasteiger partial charge in [-0.15, -0.1) is 11.8 Å². The van der Waals surface area contributed by atoms with Gasteiger partial charge >= 0.3 is 0 Å². The van der Waals surface area contributed by atoms with Gasteiger partial charge < -0.3 is 16.0 Å². The van der Waals surface area contributed by atoms with Gasteiger partial charge in [0.25, 0.3) is 11.6 Å². The maximum absolute atomic E-state index is 12.5. The van der Waals surface area contributed by atoms with Crippen LogP contribution in [0.5, 0.6) is 0 Å². The number of carbonyl (C=O) groups is 3. The number of nitro benzene ring substituents is 1. The van der Waals surface area contributed by atoms with Crippen LogP contribution in [0.25, 0.3) is 0 Å². The largest absolute Gasteiger partial charge is 0.326 e. The summed E-state index contributed by atoms with van der Waals surface area (Å²) in [5, 5.41) is 18.6. The van der Waals surface area contributed by atoms with Crippen molar-refractivity contribution in [3.63, 3.8) is 0 Å². The summed E-state index contributed by atoms with van der Waals surface area (Å²) in [5.74, 6) is -0.723. The fourth-order valence-electron chi connectivity index (χ4n) is 2.90. The molecule has 1 unspecified atom stereocenters. The van der Waals surface area contributed by atoms with Crippen molar-refractivity contribution in [2.75, 3.05) is 16.0 Å². The first-order chi connectivity index (χ1) is 16.2. The molecule has 3 amide bonds. The van der Waals surface area contributed by atoms with Gasteiger partial charge in [0.15, 0.2) is 0 Å². The molecule has 0 heterocycles. The third kappa shape index (κ3) is 6.91. The molecule has 0 aromatic heterocycles. The zero-order valence-electron chi connectivity index (χ0n) is 18.4. The summed E-state index contributed by atoms with van der Waals surface area (Å²) in [6.07, 6.45) is 0. The van der Waals surface area contributed by atoms with E-state index >= 15 is 0 Å². The van der Waals surface area contributed by atoms with Gasteiger partial charge in [-0.25, -0.2) is 0 Å². The number of amides is 3. The van der Waals surface area contributed by atoms with Crippen LogP contribution in [0.1, 0.15) is 24.2 Å². The SMILES string of the molecule is CC(=O)Nc1ccc(NC(=O)C(C)Sc2ccc(NC(=O)c3ccc([N+](=O)[O-])cc3)cc2)cc1. The maximum atomic E-state index is 12.5. The predicted octanol–water partition coefficient (Wildman–Crippen LogP) is 4.92. The molecule has 3 N–H and O–H groups in total. The number of hydrogen-bond donors (Lipinski definition) is 3. The van der Waals surface area contributed by atoms with Gasteiger partial charge in [-0.2, -0.15) is 0 Å². The number of anilines is 3. The average Bonchev–Trinajstić information content (AvgIpc) is 2.81. The first kappa shape index (κ1) is 24.5. The van der Waals surface area contributed by atoms with Crippen LogP contribution in [-0.4, -0.2) is 27.9 Å². The summed E-state index contributed by atoms with van der Waals surface area (Å²) in [7, 11) is 0. The van der Waals surface area contributed by atoms with E-state index in [4.69, 9.17) is 0 Å². The Morgan fingerprint density at radius 3 is 1.82 bits per heavy atom. The van der Waals surface area contributed by atoms with E-state index in [2.05, 4.69) is 16.0 Å². The number of rotatable bonds is 8. The van der Waals surface area contributed by atoms with E-state index in [1.165, 1.54) is 43.0 Å². The standard InChI is InChI=1S/C24H22N4O5S/c1-15(23(30)26-19-7-5-18(6-8-19)25-16(2)29)34-22-13-9-20(10-14-22)27-24(31)17-3-11-21(12-4-17)28(32)33/h3-15H,1-2H3,(H,25,29)(H,26,30)(H,27,31). The highest BCUT2D eigenvalue weighted by atomic mass is 32.2. The van der Waals surface area contributed by atoms with Crippen LogP contribution >= 0.6 is 11.8 Å². The van der Waals surface area contributed by atoms with Crippen LogP contribution < -0.4 is 16.0 Å². The van der Waals surface area contributed by atoms with Crippen molar-refractivity contribution in [2.24, 2.45) is 0 Å². The van der Waals surface area contributed by atoms with Crippen molar-refractivity contribution in [3.05, 3.63) is 88.5 Å². The second-order valence-electron chi connectivity index (χ2n) is 7.29. The zero-order valence-corrected chi connectivity index (χ0v) is 19.2.